The van der Waals surface area contributed by atoms with Crippen molar-refractivity contribution in [2.75, 3.05) is 6.61 Å². The predicted octanol–water partition coefficient (Wildman–Crippen LogP) is 2.17. The van der Waals surface area contributed by atoms with Gasteiger partial charge in [-0.1, -0.05) is 0 Å². The molecule has 0 rings (SSSR count). The van der Waals surface area contributed by atoms with E-state index in [1.165, 1.54) is 0 Å². The number of halogens is 3. The summed E-state index contributed by atoms with van der Waals surface area (Å²) in [4.78, 5) is 0. The van der Waals surface area contributed by atoms with Crippen LogP contribution in [0.3, 0.4) is 0 Å². The van der Waals surface area contributed by atoms with Gasteiger partial charge in [-0.15, -0.1) is 0 Å². The zero-order chi connectivity index (χ0) is 5.91. The molecule has 0 heterocycles. The fraction of sp³-hybridized carbons (Fsp3) is 1.00. The molecule has 0 aromatic rings. The molecule has 0 radical (unpaired) electrons. The van der Waals surface area contributed by atoms with Crippen LogP contribution in [0.25, 0.3) is 0 Å². The Hall–Kier alpha value is 1.63. The third kappa shape index (κ3) is 7.63. The average Bonchev–Trinajstić information content (AvgIpc) is 1.30. The first-order valence-corrected chi connectivity index (χ1v) is 13.8. The zero-order valence-corrected chi connectivity index (χ0v) is 8.87. The van der Waals surface area contributed by atoms with Crippen LogP contribution in [-0.4, -0.2) is 22.0 Å². The van der Waals surface area contributed by atoms with Gasteiger partial charge in [0.25, 0.3) is 0 Å². The Labute approximate surface area is 58.4 Å². The van der Waals surface area contributed by atoms with Crippen LogP contribution in [0.4, 0.5) is 0 Å². The Morgan fingerprint density at radius 3 is 1.86 bits per heavy atom. The van der Waals surface area contributed by atoms with Crippen molar-refractivity contribution in [3.8, 4) is 0 Å². The Bertz CT molecular complexity index is 51.4. The molecule has 0 saturated heterocycles. The van der Waals surface area contributed by atoms with E-state index < -0.39 is 15.4 Å². The zero-order valence-electron chi connectivity index (χ0n) is 3.75. The van der Waals surface area contributed by atoms with Gasteiger partial charge >= 0.3 is 58.8 Å². The van der Waals surface area contributed by atoms with Crippen LogP contribution >= 0.6 is 26.8 Å². The first kappa shape index (κ1) is 8.63. The third-order valence-electron chi connectivity index (χ3n) is 0.308. The molecule has 7 heavy (non-hydrogen) atoms. The van der Waals surface area contributed by atoms with E-state index in [0.717, 1.165) is 0 Å². The van der Waals surface area contributed by atoms with Gasteiger partial charge in [-0.3, -0.25) is 0 Å². The summed E-state index contributed by atoms with van der Waals surface area (Å²) in [6, 6.07) is 0. The summed E-state index contributed by atoms with van der Waals surface area (Å²) in [5.41, 5.74) is 0. The van der Waals surface area contributed by atoms with Crippen molar-refractivity contribution in [3.63, 3.8) is 0 Å². The molecule has 5 heteroatoms. The summed E-state index contributed by atoms with van der Waals surface area (Å²) in [5.74, 6) is 0. The van der Waals surface area contributed by atoms with Crippen LogP contribution in [0.1, 0.15) is 6.92 Å². The molecule has 0 aliphatic carbocycles. The monoisotopic (exact) mass is 270 g/mol. The summed E-state index contributed by atoms with van der Waals surface area (Å²) in [6.07, 6.45) is 0. The van der Waals surface area contributed by atoms with Gasteiger partial charge in [0.2, 0.25) is 0 Å². The molecule has 0 aromatic heterocycles. The predicted molar refractivity (Wildman–Crippen MR) is 34.9 cm³/mol. The summed E-state index contributed by atoms with van der Waals surface area (Å²) < 4.78 is 4.74. The molecule has 0 fully saturated rings. The third-order valence-corrected chi connectivity index (χ3v) is 4.26. The molecule has 0 aliphatic heterocycles. The van der Waals surface area contributed by atoms with Gasteiger partial charge in [-0.25, -0.2) is 0 Å². The fourth-order valence-corrected chi connectivity index (χ4v) is 3.29. The van der Waals surface area contributed by atoms with Crippen LogP contribution in [-0.2, 0) is 3.07 Å². The topological polar surface area (TPSA) is 9.23 Å². The van der Waals surface area contributed by atoms with Gasteiger partial charge in [0.05, 0.1) is 0 Å². The summed E-state index contributed by atoms with van der Waals surface area (Å²) >= 11 is -3.36. The Morgan fingerprint density at radius 2 is 1.86 bits per heavy atom. The maximum atomic E-state index is 5.35. The Kier molecular flexibility index (Phi) is 4.46. The van der Waals surface area contributed by atoms with E-state index in [4.69, 9.17) is 29.8 Å². The SMILES string of the molecule is CC[O][Sn]([Cl])([Cl])[Cl]. The molecule has 0 saturated carbocycles. The summed E-state index contributed by atoms with van der Waals surface area (Å²) in [6.45, 7) is 2.31. The summed E-state index contributed by atoms with van der Waals surface area (Å²) in [5, 5.41) is 0. The van der Waals surface area contributed by atoms with Crippen LogP contribution in [0.5, 0.6) is 0 Å². The molecule has 0 atom stereocenters. The van der Waals surface area contributed by atoms with Crippen LogP contribution in [0, 0.1) is 0 Å². The Balaban J connectivity index is 3.15. The van der Waals surface area contributed by atoms with Crippen molar-refractivity contribution in [2.24, 2.45) is 0 Å². The van der Waals surface area contributed by atoms with Crippen molar-refractivity contribution < 1.29 is 3.07 Å². The molecular weight excluding hydrogens is 265 g/mol. The second-order valence-electron chi connectivity index (χ2n) is 0.879. The van der Waals surface area contributed by atoms with Crippen molar-refractivity contribution in [1.29, 1.82) is 0 Å². The summed E-state index contributed by atoms with van der Waals surface area (Å²) in [7, 11) is 16.1. The molecule has 0 unspecified atom stereocenters. The van der Waals surface area contributed by atoms with E-state index in [1.807, 2.05) is 0 Å². The van der Waals surface area contributed by atoms with Crippen LogP contribution < -0.4 is 0 Å². The minimum absolute atomic E-state index is 0.507. The van der Waals surface area contributed by atoms with E-state index in [1.54, 1.807) is 6.92 Å². The maximum absolute atomic E-state index is 5.35. The standard InChI is InChI=1S/C2H5O.3ClH.Sn/c1-2-3;;;;/h2H2,1H3;3*1H;/q-1;;;;+4/p-3. The number of hydrogen-bond acceptors (Lipinski definition) is 1. The van der Waals surface area contributed by atoms with Crippen molar-refractivity contribution in [2.45, 2.75) is 6.92 Å². The molecular formula is C2H5Cl3OSn. The molecule has 0 aliphatic rings. The first-order valence-electron chi connectivity index (χ1n) is 1.77. The molecule has 0 amide bonds. The van der Waals surface area contributed by atoms with Gasteiger partial charge < -0.3 is 0 Å². The molecule has 1 nitrogen and oxygen atoms in total. The first-order chi connectivity index (χ1) is 3.06. The molecule has 0 N–H and O–H groups in total. The van der Waals surface area contributed by atoms with Crippen LogP contribution in [0.2, 0.25) is 0 Å². The average molecular weight is 270 g/mol. The molecule has 0 aromatic carbocycles. The normalized spacial score (nSPS) is 12.0. The van der Waals surface area contributed by atoms with Crippen molar-refractivity contribution >= 4 is 42.2 Å². The van der Waals surface area contributed by atoms with E-state index >= 15 is 0 Å². The van der Waals surface area contributed by atoms with Gasteiger partial charge in [-0.05, 0) is 0 Å². The second kappa shape index (κ2) is 3.62. The fourth-order valence-electron chi connectivity index (χ4n) is 0.164. The van der Waals surface area contributed by atoms with E-state index in [2.05, 4.69) is 0 Å². The second-order valence-corrected chi connectivity index (χ2v) is 18.9. The van der Waals surface area contributed by atoms with E-state index in [9.17, 15) is 0 Å². The van der Waals surface area contributed by atoms with Crippen molar-refractivity contribution in [3.05, 3.63) is 0 Å². The van der Waals surface area contributed by atoms with E-state index in [0.29, 0.717) is 6.61 Å². The molecule has 44 valence electrons. The molecule has 0 spiro atoms. The molecule has 0 bridgehead atoms. The van der Waals surface area contributed by atoms with Gasteiger partial charge in [0, 0.05) is 0 Å². The van der Waals surface area contributed by atoms with E-state index in [-0.39, 0.29) is 0 Å². The Morgan fingerprint density at radius 1 is 1.43 bits per heavy atom. The minimum atomic E-state index is -3.36. The van der Waals surface area contributed by atoms with Crippen molar-refractivity contribution in [1.82, 2.24) is 0 Å². The quantitative estimate of drug-likeness (QED) is 0.699. The van der Waals surface area contributed by atoms with Crippen LogP contribution in [0.15, 0.2) is 0 Å². The number of hydrogen-bond donors (Lipinski definition) is 0. The van der Waals surface area contributed by atoms with Gasteiger partial charge in [0.15, 0.2) is 0 Å². The van der Waals surface area contributed by atoms with Gasteiger partial charge in [0.1, 0.15) is 0 Å². The van der Waals surface area contributed by atoms with Gasteiger partial charge in [-0.2, -0.15) is 0 Å². The number of rotatable bonds is 2.